The molecule has 0 aliphatic heterocycles. The second kappa shape index (κ2) is 7.82. The lowest BCUT2D eigenvalue weighted by molar-refractivity contribution is 0.102. The van der Waals surface area contributed by atoms with Crippen molar-refractivity contribution in [2.45, 2.75) is 20.4 Å². The van der Waals surface area contributed by atoms with Crippen molar-refractivity contribution < 1.29 is 9.53 Å². The number of para-hydroxylation sites is 2. The third kappa shape index (κ3) is 3.36. The van der Waals surface area contributed by atoms with Crippen molar-refractivity contribution in [2.75, 3.05) is 11.9 Å². The number of carbonyl (C=O) groups is 1. The maximum atomic E-state index is 13.2. The van der Waals surface area contributed by atoms with Gasteiger partial charge < -0.3 is 10.1 Å². The Morgan fingerprint density at radius 1 is 1.21 bits per heavy atom. The summed E-state index contributed by atoms with van der Waals surface area (Å²) < 4.78 is 7.43. The summed E-state index contributed by atoms with van der Waals surface area (Å²) in [6.45, 7) is 5.12. The minimum Gasteiger partial charge on any atom is -0.492 e. The van der Waals surface area contributed by atoms with E-state index in [4.69, 9.17) is 9.72 Å². The van der Waals surface area contributed by atoms with E-state index in [1.807, 2.05) is 61.7 Å². The van der Waals surface area contributed by atoms with Gasteiger partial charge in [0.2, 0.25) is 0 Å². The molecule has 3 aromatic heterocycles. The molecule has 0 unspecified atom stereocenters. The van der Waals surface area contributed by atoms with Crippen LogP contribution in [0.1, 0.15) is 24.2 Å². The molecule has 0 saturated carbocycles. The van der Waals surface area contributed by atoms with Crippen molar-refractivity contribution in [2.24, 2.45) is 0 Å². The van der Waals surface area contributed by atoms with Gasteiger partial charge in [0.25, 0.3) is 5.91 Å². The Morgan fingerprint density at radius 3 is 2.82 bits per heavy atom. The molecule has 0 bridgehead atoms. The number of thiophene rings is 1. The monoisotopic (exact) mass is 392 g/mol. The number of aromatic nitrogens is 3. The fourth-order valence-electron chi connectivity index (χ4n) is 3.06. The third-order valence-electron chi connectivity index (χ3n) is 4.36. The van der Waals surface area contributed by atoms with Crippen molar-refractivity contribution in [3.05, 3.63) is 59.6 Å². The zero-order chi connectivity index (χ0) is 19.5. The summed E-state index contributed by atoms with van der Waals surface area (Å²) in [5, 5.41) is 10.1. The van der Waals surface area contributed by atoms with E-state index in [-0.39, 0.29) is 5.91 Å². The molecule has 4 aromatic rings. The van der Waals surface area contributed by atoms with Crippen LogP contribution in [0.25, 0.3) is 21.6 Å². The standard InChI is InChI=1S/C21H20N4O2S/c1-3-25-20-15(13-22-25)14(12-17(23-20)19-10-7-11-28-19)21(26)24-16-8-5-6-9-18(16)27-4-2/h5-13H,3-4H2,1-2H3,(H,24,26). The average Bonchev–Trinajstić information content (AvgIpc) is 3.38. The molecule has 7 heteroatoms. The number of anilines is 1. The van der Waals surface area contributed by atoms with Gasteiger partial charge in [-0.25, -0.2) is 9.67 Å². The number of amides is 1. The second-order valence-electron chi connectivity index (χ2n) is 6.11. The Kier molecular flexibility index (Phi) is 5.08. The normalized spacial score (nSPS) is 10.9. The van der Waals surface area contributed by atoms with Crippen molar-refractivity contribution >= 4 is 34.0 Å². The van der Waals surface area contributed by atoms with Gasteiger partial charge >= 0.3 is 0 Å². The summed E-state index contributed by atoms with van der Waals surface area (Å²) in [6.07, 6.45) is 1.70. The van der Waals surface area contributed by atoms with Crippen LogP contribution in [-0.2, 0) is 6.54 Å². The zero-order valence-corrected chi connectivity index (χ0v) is 16.5. The molecule has 1 aromatic carbocycles. The average molecular weight is 392 g/mol. The summed E-state index contributed by atoms with van der Waals surface area (Å²) in [5.74, 6) is 0.430. The number of benzene rings is 1. The van der Waals surface area contributed by atoms with Gasteiger partial charge in [-0.1, -0.05) is 18.2 Å². The van der Waals surface area contributed by atoms with Crippen LogP contribution in [0.4, 0.5) is 5.69 Å². The van der Waals surface area contributed by atoms with Crippen molar-refractivity contribution in [3.8, 4) is 16.3 Å². The lowest BCUT2D eigenvalue weighted by Crippen LogP contribution is -2.14. The van der Waals surface area contributed by atoms with Gasteiger partial charge in [0, 0.05) is 6.54 Å². The van der Waals surface area contributed by atoms with E-state index in [9.17, 15) is 4.79 Å². The lowest BCUT2D eigenvalue weighted by Gasteiger charge is -2.12. The Balaban J connectivity index is 1.79. The molecular weight excluding hydrogens is 372 g/mol. The first-order valence-electron chi connectivity index (χ1n) is 9.14. The summed E-state index contributed by atoms with van der Waals surface area (Å²) in [5.41, 5.74) is 2.65. The van der Waals surface area contributed by atoms with E-state index in [0.717, 1.165) is 16.0 Å². The smallest absolute Gasteiger partial charge is 0.256 e. The minimum atomic E-state index is -0.215. The molecule has 0 aliphatic rings. The number of ether oxygens (including phenoxy) is 1. The highest BCUT2D eigenvalue weighted by Crippen LogP contribution is 2.30. The number of hydrogen-bond acceptors (Lipinski definition) is 5. The van der Waals surface area contributed by atoms with Crippen LogP contribution in [0.2, 0.25) is 0 Å². The van der Waals surface area contributed by atoms with Crippen molar-refractivity contribution in [3.63, 3.8) is 0 Å². The van der Waals surface area contributed by atoms with Gasteiger partial charge in [0.05, 0.1) is 40.0 Å². The van der Waals surface area contributed by atoms with Crippen LogP contribution in [0.15, 0.2) is 54.0 Å². The highest BCUT2D eigenvalue weighted by atomic mass is 32.1. The number of carbonyl (C=O) groups excluding carboxylic acids is 1. The van der Waals surface area contributed by atoms with E-state index in [1.165, 1.54) is 0 Å². The first-order valence-corrected chi connectivity index (χ1v) is 10.0. The van der Waals surface area contributed by atoms with Crippen LogP contribution in [0, 0.1) is 0 Å². The number of rotatable bonds is 6. The highest BCUT2D eigenvalue weighted by Gasteiger charge is 2.18. The Hall–Kier alpha value is -3.19. The van der Waals surface area contributed by atoms with E-state index >= 15 is 0 Å². The van der Waals surface area contributed by atoms with Crippen LogP contribution in [0.5, 0.6) is 5.75 Å². The van der Waals surface area contributed by atoms with E-state index in [2.05, 4.69) is 10.4 Å². The first-order chi connectivity index (χ1) is 13.7. The number of nitrogens with one attached hydrogen (secondary N) is 1. The maximum Gasteiger partial charge on any atom is 0.256 e. The topological polar surface area (TPSA) is 69.0 Å². The van der Waals surface area contributed by atoms with E-state index < -0.39 is 0 Å². The molecule has 3 heterocycles. The van der Waals surface area contributed by atoms with Crippen molar-refractivity contribution in [1.29, 1.82) is 0 Å². The summed E-state index contributed by atoms with van der Waals surface area (Å²) in [6, 6.07) is 13.2. The number of fused-ring (bicyclic) bond motifs is 1. The Bertz CT molecular complexity index is 1120. The molecule has 6 nitrogen and oxygen atoms in total. The summed E-state index contributed by atoms with van der Waals surface area (Å²) >= 11 is 1.59. The molecular formula is C21H20N4O2S. The largest absolute Gasteiger partial charge is 0.492 e. The Morgan fingerprint density at radius 2 is 2.07 bits per heavy atom. The van der Waals surface area contributed by atoms with Gasteiger partial charge in [0.15, 0.2) is 5.65 Å². The summed E-state index contributed by atoms with van der Waals surface area (Å²) in [7, 11) is 0. The van der Waals surface area contributed by atoms with Crippen LogP contribution < -0.4 is 10.1 Å². The van der Waals surface area contributed by atoms with Crippen LogP contribution >= 0.6 is 11.3 Å². The van der Waals surface area contributed by atoms with E-state index in [0.29, 0.717) is 35.8 Å². The molecule has 142 valence electrons. The van der Waals surface area contributed by atoms with Gasteiger partial charge in [-0.2, -0.15) is 5.10 Å². The maximum absolute atomic E-state index is 13.2. The van der Waals surface area contributed by atoms with Crippen LogP contribution in [0.3, 0.4) is 0 Å². The molecule has 0 radical (unpaired) electrons. The zero-order valence-electron chi connectivity index (χ0n) is 15.7. The highest BCUT2D eigenvalue weighted by molar-refractivity contribution is 7.13. The quantitative estimate of drug-likeness (QED) is 0.510. The second-order valence-corrected chi connectivity index (χ2v) is 7.06. The molecule has 1 N–H and O–H groups in total. The molecule has 0 aliphatic carbocycles. The number of hydrogen-bond donors (Lipinski definition) is 1. The number of nitrogens with zero attached hydrogens (tertiary/aromatic N) is 3. The van der Waals surface area contributed by atoms with Gasteiger partial charge in [0.1, 0.15) is 5.75 Å². The molecule has 28 heavy (non-hydrogen) atoms. The number of aryl methyl sites for hydroxylation is 1. The first kappa shape index (κ1) is 18.2. The van der Waals surface area contributed by atoms with Gasteiger partial charge in [-0.15, -0.1) is 11.3 Å². The molecule has 0 spiro atoms. The minimum absolute atomic E-state index is 0.215. The number of pyridine rings is 1. The Labute approximate surface area is 166 Å². The molecule has 0 saturated heterocycles. The fraction of sp³-hybridized carbons (Fsp3) is 0.190. The molecule has 0 atom stereocenters. The summed E-state index contributed by atoms with van der Waals surface area (Å²) in [4.78, 5) is 18.9. The molecule has 4 rings (SSSR count). The van der Waals surface area contributed by atoms with Gasteiger partial charge in [-0.3, -0.25) is 4.79 Å². The molecule has 0 fully saturated rings. The predicted molar refractivity (Wildman–Crippen MR) is 112 cm³/mol. The van der Waals surface area contributed by atoms with Crippen molar-refractivity contribution in [1.82, 2.24) is 14.8 Å². The van der Waals surface area contributed by atoms with E-state index in [1.54, 1.807) is 22.2 Å². The van der Waals surface area contributed by atoms with Crippen LogP contribution in [-0.4, -0.2) is 27.3 Å². The SMILES string of the molecule is CCOc1ccccc1NC(=O)c1cc(-c2cccs2)nc2c1cnn2CC. The third-order valence-corrected chi connectivity index (χ3v) is 5.25. The molecule has 1 amide bonds. The fourth-order valence-corrected chi connectivity index (χ4v) is 3.74. The predicted octanol–water partition coefficient (Wildman–Crippen LogP) is 4.83. The lowest BCUT2D eigenvalue weighted by atomic mass is 10.1. The van der Waals surface area contributed by atoms with Gasteiger partial charge in [-0.05, 0) is 43.5 Å².